The molecule has 33 heavy (non-hydrogen) atoms. The molecule has 0 unspecified atom stereocenters. The first-order chi connectivity index (χ1) is 16.0. The van der Waals surface area contributed by atoms with Gasteiger partial charge < -0.3 is 33.2 Å². The van der Waals surface area contributed by atoms with Gasteiger partial charge in [0.05, 0.1) is 40.0 Å². The van der Waals surface area contributed by atoms with Crippen LogP contribution in [0.3, 0.4) is 0 Å². The molecule has 0 spiro atoms. The SMILES string of the molecule is CCO[C@H]1c2cc3c(cc2[C@@H](c2cc(OC)c(OC)c(OC)c2)[C@]2(Br)C(=O)OC[C@H]12)OCO3. The first kappa shape index (κ1) is 22.2. The summed E-state index contributed by atoms with van der Waals surface area (Å²) in [5, 5.41) is 0. The number of methoxy groups -OCH3 is 3. The lowest BCUT2D eigenvalue weighted by Crippen LogP contribution is -2.48. The van der Waals surface area contributed by atoms with E-state index in [-0.39, 0.29) is 31.4 Å². The average Bonchev–Trinajstić information content (AvgIpc) is 3.40. The summed E-state index contributed by atoms with van der Waals surface area (Å²) in [7, 11) is 4.69. The van der Waals surface area contributed by atoms with E-state index in [0.29, 0.717) is 35.4 Å². The summed E-state index contributed by atoms with van der Waals surface area (Å²) in [4.78, 5) is 13.3. The third kappa shape index (κ3) is 3.16. The Hall–Kier alpha value is -2.65. The van der Waals surface area contributed by atoms with Crippen molar-refractivity contribution in [3.05, 3.63) is 41.0 Å². The highest BCUT2D eigenvalue weighted by Crippen LogP contribution is 2.61. The van der Waals surface area contributed by atoms with E-state index in [4.69, 9.17) is 33.2 Å². The monoisotopic (exact) mass is 520 g/mol. The number of benzene rings is 2. The number of hydrogen-bond acceptors (Lipinski definition) is 8. The smallest absolute Gasteiger partial charge is 0.324 e. The van der Waals surface area contributed by atoms with Crippen molar-refractivity contribution in [2.75, 3.05) is 41.3 Å². The number of fused-ring (bicyclic) bond motifs is 3. The molecule has 0 radical (unpaired) electrons. The van der Waals surface area contributed by atoms with E-state index in [2.05, 4.69) is 15.9 Å². The summed E-state index contributed by atoms with van der Waals surface area (Å²) in [6, 6.07) is 7.63. The van der Waals surface area contributed by atoms with Crippen LogP contribution in [0.15, 0.2) is 24.3 Å². The lowest BCUT2D eigenvalue weighted by molar-refractivity contribution is -0.140. The average molecular weight is 521 g/mol. The molecule has 2 aromatic rings. The molecule has 2 aliphatic heterocycles. The second-order valence-electron chi connectivity index (χ2n) is 8.08. The van der Waals surface area contributed by atoms with Crippen LogP contribution < -0.4 is 23.7 Å². The maximum Gasteiger partial charge on any atom is 0.324 e. The Morgan fingerprint density at radius 1 is 0.970 bits per heavy atom. The van der Waals surface area contributed by atoms with Crippen LogP contribution in [0, 0.1) is 5.92 Å². The summed E-state index contributed by atoms with van der Waals surface area (Å²) in [5.41, 5.74) is 2.64. The molecule has 2 aromatic carbocycles. The van der Waals surface area contributed by atoms with Gasteiger partial charge in [-0.25, -0.2) is 0 Å². The predicted octanol–water partition coefficient (Wildman–Crippen LogP) is 3.97. The molecular formula is C24H25BrO8. The standard InChI is InChI=1S/C24H25BrO8/c1-5-30-21-14-9-17-16(32-11-33-17)8-13(14)20(24(25)15(21)10-31-23(24)26)12-6-18(27-2)22(29-4)19(7-12)28-3/h6-9,15,20-21H,5,10-11H2,1-4H3/t15-,20-,21+,24+/m1/s1. The van der Waals surface area contributed by atoms with Crippen molar-refractivity contribution in [3.63, 3.8) is 0 Å². The molecule has 4 atom stereocenters. The molecule has 5 rings (SSSR count). The van der Waals surface area contributed by atoms with Crippen LogP contribution in [-0.2, 0) is 14.3 Å². The van der Waals surface area contributed by atoms with Crippen LogP contribution in [0.1, 0.15) is 35.6 Å². The quantitative estimate of drug-likeness (QED) is 0.418. The van der Waals surface area contributed by atoms with Crippen molar-refractivity contribution < 1.29 is 38.0 Å². The second-order valence-corrected chi connectivity index (χ2v) is 9.39. The van der Waals surface area contributed by atoms with Crippen LogP contribution in [-0.4, -0.2) is 51.6 Å². The zero-order valence-corrected chi connectivity index (χ0v) is 20.4. The molecule has 0 aromatic heterocycles. The van der Waals surface area contributed by atoms with E-state index in [1.54, 1.807) is 21.3 Å². The number of carbonyl (C=O) groups is 1. The molecule has 3 aliphatic rings. The van der Waals surface area contributed by atoms with Crippen LogP contribution >= 0.6 is 15.9 Å². The minimum atomic E-state index is -1.06. The van der Waals surface area contributed by atoms with Crippen LogP contribution in [0.25, 0.3) is 0 Å². The molecule has 1 saturated heterocycles. The van der Waals surface area contributed by atoms with Crippen LogP contribution in [0.5, 0.6) is 28.7 Å². The predicted molar refractivity (Wildman–Crippen MR) is 121 cm³/mol. The van der Waals surface area contributed by atoms with Gasteiger partial charge in [-0.2, -0.15) is 0 Å². The lowest BCUT2D eigenvalue weighted by atomic mass is 9.66. The number of esters is 1. The summed E-state index contributed by atoms with van der Waals surface area (Å²) in [6.45, 7) is 2.81. The third-order valence-corrected chi connectivity index (χ3v) is 7.96. The zero-order chi connectivity index (χ0) is 23.3. The number of rotatable bonds is 6. The van der Waals surface area contributed by atoms with Gasteiger partial charge in [-0.05, 0) is 47.9 Å². The Labute approximate surface area is 200 Å². The number of cyclic esters (lactones) is 1. The molecule has 0 N–H and O–H groups in total. The number of halogens is 1. The molecule has 9 heteroatoms. The first-order valence-electron chi connectivity index (χ1n) is 10.7. The van der Waals surface area contributed by atoms with E-state index in [1.165, 1.54) is 0 Å². The Morgan fingerprint density at radius 2 is 1.61 bits per heavy atom. The van der Waals surface area contributed by atoms with Gasteiger partial charge >= 0.3 is 5.97 Å². The van der Waals surface area contributed by atoms with E-state index in [0.717, 1.165) is 16.7 Å². The van der Waals surface area contributed by atoms with Crippen molar-refractivity contribution in [1.29, 1.82) is 0 Å². The molecule has 0 saturated carbocycles. The third-order valence-electron chi connectivity index (χ3n) is 6.59. The van der Waals surface area contributed by atoms with Gasteiger partial charge in [0.1, 0.15) is 4.32 Å². The first-order valence-corrected chi connectivity index (χ1v) is 11.5. The van der Waals surface area contributed by atoms with Gasteiger partial charge in [0.25, 0.3) is 0 Å². The maximum atomic E-state index is 13.3. The number of carbonyl (C=O) groups excluding carboxylic acids is 1. The topological polar surface area (TPSA) is 81.7 Å². The van der Waals surface area contributed by atoms with Crippen molar-refractivity contribution in [2.45, 2.75) is 23.3 Å². The van der Waals surface area contributed by atoms with Crippen LogP contribution in [0.4, 0.5) is 0 Å². The van der Waals surface area contributed by atoms with Gasteiger partial charge in [-0.3, -0.25) is 4.79 Å². The normalized spacial score (nSPS) is 26.9. The largest absolute Gasteiger partial charge is 0.493 e. The fourth-order valence-electron chi connectivity index (χ4n) is 5.18. The summed E-state index contributed by atoms with van der Waals surface area (Å²) >= 11 is 3.84. The zero-order valence-electron chi connectivity index (χ0n) is 18.8. The summed E-state index contributed by atoms with van der Waals surface area (Å²) in [6.07, 6.45) is -0.358. The van der Waals surface area contributed by atoms with E-state index in [1.807, 2.05) is 31.2 Å². The summed E-state index contributed by atoms with van der Waals surface area (Å²) in [5.74, 6) is 1.73. The number of hydrogen-bond donors (Lipinski definition) is 0. The van der Waals surface area contributed by atoms with E-state index in [9.17, 15) is 4.79 Å². The minimum Gasteiger partial charge on any atom is -0.493 e. The molecule has 1 aliphatic carbocycles. The second kappa shape index (κ2) is 8.29. The van der Waals surface area contributed by atoms with Crippen molar-refractivity contribution >= 4 is 21.9 Å². The van der Waals surface area contributed by atoms with Gasteiger partial charge in [0.15, 0.2) is 23.0 Å². The van der Waals surface area contributed by atoms with Crippen molar-refractivity contribution in [2.24, 2.45) is 5.92 Å². The molecule has 0 bridgehead atoms. The highest BCUT2D eigenvalue weighted by Gasteiger charge is 2.63. The Balaban J connectivity index is 1.79. The van der Waals surface area contributed by atoms with Crippen LogP contribution in [0.2, 0.25) is 0 Å². The Morgan fingerprint density at radius 3 is 2.18 bits per heavy atom. The fraction of sp³-hybridized carbons (Fsp3) is 0.458. The van der Waals surface area contributed by atoms with E-state index >= 15 is 0 Å². The molecule has 1 fully saturated rings. The molecule has 176 valence electrons. The van der Waals surface area contributed by atoms with E-state index < -0.39 is 10.2 Å². The van der Waals surface area contributed by atoms with Crippen molar-refractivity contribution in [1.82, 2.24) is 0 Å². The van der Waals surface area contributed by atoms with Gasteiger partial charge in [0, 0.05) is 12.5 Å². The summed E-state index contributed by atoms with van der Waals surface area (Å²) < 4.78 is 38.8. The number of alkyl halides is 1. The highest BCUT2D eigenvalue weighted by molar-refractivity contribution is 9.10. The van der Waals surface area contributed by atoms with Gasteiger partial charge in [0.2, 0.25) is 12.5 Å². The Kier molecular flexibility index (Phi) is 5.56. The fourth-order valence-corrected chi connectivity index (χ4v) is 6.17. The Bertz CT molecular complexity index is 1080. The number of ether oxygens (including phenoxy) is 7. The van der Waals surface area contributed by atoms with Gasteiger partial charge in [-0.15, -0.1) is 0 Å². The lowest BCUT2D eigenvalue weighted by Gasteiger charge is -2.44. The maximum absolute atomic E-state index is 13.3. The van der Waals surface area contributed by atoms with Gasteiger partial charge in [-0.1, -0.05) is 15.9 Å². The molecule has 0 amide bonds. The minimum absolute atomic E-state index is 0.150. The van der Waals surface area contributed by atoms with Crippen molar-refractivity contribution in [3.8, 4) is 28.7 Å². The highest BCUT2D eigenvalue weighted by atomic mass is 79.9. The molecule has 8 nitrogen and oxygen atoms in total. The molecular weight excluding hydrogens is 496 g/mol. The molecule has 2 heterocycles.